The van der Waals surface area contributed by atoms with E-state index in [2.05, 4.69) is 40.3 Å². The van der Waals surface area contributed by atoms with Crippen LogP contribution < -0.4 is 5.32 Å². The van der Waals surface area contributed by atoms with Gasteiger partial charge in [-0.2, -0.15) is 4.37 Å². The van der Waals surface area contributed by atoms with Gasteiger partial charge in [-0.25, -0.2) is 17.8 Å². The molecule has 6 nitrogen and oxygen atoms in total. The molecule has 0 atom stereocenters. The lowest BCUT2D eigenvalue weighted by molar-refractivity contribution is 0.167. The molecule has 0 aliphatic carbocycles. The van der Waals surface area contributed by atoms with Crippen LogP contribution in [0.5, 0.6) is 0 Å². The van der Waals surface area contributed by atoms with Crippen LogP contribution in [-0.2, 0) is 28.7 Å². The van der Waals surface area contributed by atoms with Crippen LogP contribution in [0, 0.1) is 12.7 Å². The molecule has 0 radical (unpaired) electrons. The standard InChI is InChI=1S/C23H29FN4O2S2/c1-16-21(9-10-22(26-16)32(29,30)15-18-11-12-31-27-18)25-13-19-17(7-6-8-20(19)24)14-28(5)23(2,3)4/h6-12,25H,13-15H2,1-5H3. The summed E-state index contributed by atoms with van der Waals surface area (Å²) in [7, 11) is -1.58. The summed E-state index contributed by atoms with van der Waals surface area (Å²) < 4.78 is 44.0. The Balaban J connectivity index is 1.77. The van der Waals surface area contributed by atoms with Gasteiger partial charge in [0.2, 0.25) is 9.84 Å². The second-order valence-corrected chi connectivity index (χ2v) is 11.4. The molecule has 172 valence electrons. The molecule has 0 bridgehead atoms. The van der Waals surface area contributed by atoms with Gasteiger partial charge in [0.25, 0.3) is 0 Å². The summed E-state index contributed by atoms with van der Waals surface area (Å²) in [5, 5.41) is 4.97. The third-order valence-electron chi connectivity index (χ3n) is 5.43. The van der Waals surface area contributed by atoms with Gasteiger partial charge in [-0.15, -0.1) is 0 Å². The quantitative estimate of drug-likeness (QED) is 0.503. The molecule has 0 aliphatic heterocycles. The van der Waals surface area contributed by atoms with Crippen molar-refractivity contribution in [3.63, 3.8) is 0 Å². The maximum absolute atomic E-state index is 14.6. The van der Waals surface area contributed by atoms with Crippen LogP contribution in [0.4, 0.5) is 10.1 Å². The SMILES string of the molecule is Cc1nc(S(=O)(=O)Cc2ccsn2)ccc1NCc1c(F)cccc1CN(C)C(C)(C)C. The van der Waals surface area contributed by atoms with E-state index >= 15 is 0 Å². The van der Waals surface area contributed by atoms with E-state index in [0.29, 0.717) is 29.2 Å². The molecular weight excluding hydrogens is 447 g/mol. The van der Waals surface area contributed by atoms with Crippen molar-refractivity contribution in [2.24, 2.45) is 0 Å². The minimum Gasteiger partial charge on any atom is -0.379 e. The number of rotatable bonds is 8. The number of sulfone groups is 1. The Labute approximate surface area is 193 Å². The van der Waals surface area contributed by atoms with Gasteiger partial charge in [0.05, 0.1) is 22.8 Å². The lowest BCUT2D eigenvalue weighted by Crippen LogP contribution is -2.37. The fraction of sp³-hybridized carbons (Fsp3) is 0.391. The highest BCUT2D eigenvalue weighted by Gasteiger charge is 2.21. The van der Waals surface area contributed by atoms with Crippen molar-refractivity contribution in [2.45, 2.75) is 57.1 Å². The van der Waals surface area contributed by atoms with Crippen LogP contribution in [-0.4, -0.2) is 35.3 Å². The molecule has 1 N–H and O–H groups in total. The Morgan fingerprint density at radius 2 is 1.91 bits per heavy atom. The maximum Gasteiger partial charge on any atom is 0.201 e. The van der Waals surface area contributed by atoms with Crippen molar-refractivity contribution in [3.8, 4) is 0 Å². The molecule has 0 saturated carbocycles. The number of hydrogen-bond donors (Lipinski definition) is 1. The molecule has 0 saturated heterocycles. The van der Waals surface area contributed by atoms with E-state index in [4.69, 9.17) is 0 Å². The summed E-state index contributed by atoms with van der Waals surface area (Å²) in [4.78, 5) is 6.45. The van der Waals surface area contributed by atoms with Gasteiger partial charge in [0.1, 0.15) is 5.82 Å². The molecule has 0 amide bonds. The molecule has 2 aromatic heterocycles. The van der Waals surface area contributed by atoms with Crippen LogP contribution >= 0.6 is 11.5 Å². The van der Waals surface area contributed by atoms with Crippen LogP contribution in [0.15, 0.2) is 46.8 Å². The molecule has 0 fully saturated rings. The molecule has 32 heavy (non-hydrogen) atoms. The maximum atomic E-state index is 14.6. The number of aromatic nitrogens is 2. The normalized spacial score (nSPS) is 12.3. The second kappa shape index (κ2) is 9.64. The van der Waals surface area contributed by atoms with E-state index in [1.54, 1.807) is 30.5 Å². The average Bonchev–Trinajstić information content (AvgIpc) is 3.20. The molecule has 3 rings (SSSR count). The molecular formula is C23H29FN4O2S2. The van der Waals surface area contributed by atoms with Gasteiger partial charge >= 0.3 is 0 Å². The fourth-order valence-corrected chi connectivity index (χ4v) is 4.98. The van der Waals surface area contributed by atoms with Crippen molar-refractivity contribution in [3.05, 3.63) is 70.1 Å². The highest BCUT2D eigenvalue weighted by molar-refractivity contribution is 7.90. The fourth-order valence-electron chi connectivity index (χ4n) is 3.10. The Morgan fingerprint density at radius 1 is 1.16 bits per heavy atom. The Morgan fingerprint density at radius 3 is 2.53 bits per heavy atom. The van der Waals surface area contributed by atoms with E-state index in [1.165, 1.54) is 23.7 Å². The topological polar surface area (TPSA) is 75.2 Å². The summed E-state index contributed by atoms with van der Waals surface area (Å²) in [6.45, 7) is 8.96. The minimum atomic E-state index is -3.59. The van der Waals surface area contributed by atoms with Crippen LogP contribution in [0.1, 0.15) is 43.3 Å². The number of anilines is 1. The van der Waals surface area contributed by atoms with Crippen molar-refractivity contribution in [1.29, 1.82) is 0 Å². The first kappa shape index (κ1) is 24.3. The van der Waals surface area contributed by atoms with Gasteiger partial charge in [0, 0.05) is 29.6 Å². The summed E-state index contributed by atoms with van der Waals surface area (Å²) in [5.74, 6) is -0.458. The largest absolute Gasteiger partial charge is 0.379 e. The first-order chi connectivity index (χ1) is 15.0. The lowest BCUT2D eigenvalue weighted by Gasteiger charge is -2.32. The van der Waals surface area contributed by atoms with Gasteiger partial charge < -0.3 is 5.32 Å². The number of aryl methyl sites for hydroxylation is 1. The van der Waals surface area contributed by atoms with E-state index < -0.39 is 9.84 Å². The van der Waals surface area contributed by atoms with Gasteiger partial charge in [-0.05, 0) is 76.1 Å². The van der Waals surface area contributed by atoms with E-state index in [1.807, 2.05) is 13.1 Å². The van der Waals surface area contributed by atoms with Gasteiger partial charge in [-0.1, -0.05) is 12.1 Å². The Bertz CT molecular complexity index is 1170. The van der Waals surface area contributed by atoms with Gasteiger partial charge in [0.15, 0.2) is 5.03 Å². The highest BCUT2D eigenvalue weighted by Crippen LogP contribution is 2.23. The van der Waals surface area contributed by atoms with Crippen molar-refractivity contribution in [2.75, 3.05) is 12.4 Å². The molecule has 1 aromatic carbocycles. The smallest absolute Gasteiger partial charge is 0.201 e. The number of pyridine rings is 1. The number of nitrogens with zero attached hydrogens (tertiary/aromatic N) is 3. The van der Waals surface area contributed by atoms with E-state index in [-0.39, 0.29) is 28.7 Å². The van der Waals surface area contributed by atoms with Crippen molar-refractivity contribution in [1.82, 2.24) is 14.3 Å². The summed E-state index contributed by atoms with van der Waals surface area (Å²) >= 11 is 1.21. The number of benzene rings is 1. The zero-order valence-electron chi connectivity index (χ0n) is 19.0. The van der Waals surface area contributed by atoms with Crippen LogP contribution in [0.25, 0.3) is 0 Å². The van der Waals surface area contributed by atoms with Crippen molar-refractivity contribution < 1.29 is 12.8 Å². The zero-order valence-corrected chi connectivity index (χ0v) is 20.6. The summed E-state index contributed by atoms with van der Waals surface area (Å²) in [6.07, 6.45) is 0. The Kier molecular flexibility index (Phi) is 7.32. The molecule has 9 heteroatoms. The third-order valence-corrected chi connectivity index (χ3v) is 7.57. The number of hydrogen-bond acceptors (Lipinski definition) is 7. The predicted molar refractivity (Wildman–Crippen MR) is 127 cm³/mol. The van der Waals surface area contributed by atoms with E-state index in [0.717, 1.165) is 5.56 Å². The van der Waals surface area contributed by atoms with Crippen molar-refractivity contribution >= 4 is 27.1 Å². The lowest BCUT2D eigenvalue weighted by atomic mass is 10.0. The second-order valence-electron chi connectivity index (χ2n) is 8.79. The number of nitrogens with one attached hydrogen (secondary N) is 1. The third kappa shape index (κ3) is 5.90. The molecule has 0 unspecified atom stereocenters. The zero-order chi connectivity index (χ0) is 23.5. The first-order valence-electron chi connectivity index (χ1n) is 10.3. The highest BCUT2D eigenvalue weighted by atomic mass is 32.2. The molecule has 0 aliphatic rings. The van der Waals surface area contributed by atoms with Crippen LogP contribution in [0.2, 0.25) is 0 Å². The monoisotopic (exact) mass is 476 g/mol. The average molecular weight is 477 g/mol. The Hall–Kier alpha value is -2.36. The van der Waals surface area contributed by atoms with Crippen LogP contribution in [0.3, 0.4) is 0 Å². The van der Waals surface area contributed by atoms with E-state index in [9.17, 15) is 12.8 Å². The predicted octanol–water partition coefficient (Wildman–Crippen LogP) is 4.80. The summed E-state index contributed by atoms with van der Waals surface area (Å²) in [5.41, 5.74) is 3.15. The molecule has 3 aromatic rings. The minimum absolute atomic E-state index is 0.00642. The molecule has 2 heterocycles. The summed E-state index contributed by atoms with van der Waals surface area (Å²) in [6, 6.07) is 9.96. The first-order valence-corrected chi connectivity index (χ1v) is 12.8. The number of halogens is 1. The van der Waals surface area contributed by atoms with Gasteiger partial charge in [-0.3, -0.25) is 4.90 Å². The molecule has 0 spiro atoms.